The summed E-state index contributed by atoms with van der Waals surface area (Å²) < 4.78 is 0. The molecule has 0 spiro atoms. The minimum Gasteiger partial charge on any atom is -0.373 e. The highest BCUT2D eigenvalue weighted by Crippen LogP contribution is 2.30. The van der Waals surface area contributed by atoms with E-state index in [1.807, 2.05) is 12.1 Å². The highest BCUT2D eigenvalue weighted by Gasteiger charge is 2.29. The van der Waals surface area contributed by atoms with Crippen LogP contribution in [-0.4, -0.2) is 24.0 Å². The van der Waals surface area contributed by atoms with E-state index >= 15 is 0 Å². The van der Waals surface area contributed by atoms with E-state index in [4.69, 9.17) is 0 Å². The number of hydrogen-bond donors (Lipinski definition) is 2. The largest absolute Gasteiger partial charge is 0.373 e. The summed E-state index contributed by atoms with van der Waals surface area (Å²) in [6, 6.07) is 5.77. The second kappa shape index (κ2) is 6.73. The maximum atomic E-state index is 12.3. The minimum atomic E-state index is -0.0559. The summed E-state index contributed by atoms with van der Waals surface area (Å²) in [7, 11) is 1.81. The van der Waals surface area contributed by atoms with E-state index in [0.29, 0.717) is 17.5 Å². The number of hydrogen-bond acceptors (Lipinski definition) is 3. The lowest BCUT2D eigenvalue weighted by molar-refractivity contribution is 0.0884. The lowest BCUT2D eigenvalue weighted by atomic mass is 9.78. The summed E-state index contributed by atoms with van der Waals surface area (Å²) in [4.78, 5) is 16.7. The summed E-state index contributed by atoms with van der Waals surface area (Å²) >= 11 is 0. The predicted octanol–water partition coefficient (Wildman–Crippen LogP) is 3.07. The van der Waals surface area contributed by atoms with Gasteiger partial charge < -0.3 is 10.6 Å². The van der Waals surface area contributed by atoms with Crippen LogP contribution in [0.5, 0.6) is 0 Å². The minimum absolute atomic E-state index is 0.0559. The molecule has 2 N–H and O–H groups in total. The Kier molecular flexibility index (Phi) is 4.99. The monoisotopic (exact) mass is 275 g/mol. The summed E-state index contributed by atoms with van der Waals surface area (Å²) in [5.74, 6) is 1.86. The van der Waals surface area contributed by atoms with Gasteiger partial charge >= 0.3 is 0 Å². The topological polar surface area (TPSA) is 54.0 Å². The molecule has 2 atom stereocenters. The van der Waals surface area contributed by atoms with Gasteiger partial charge in [0.05, 0.1) is 0 Å². The molecule has 0 saturated heterocycles. The maximum absolute atomic E-state index is 12.3. The maximum Gasteiger partial charge on any atom is 0.270 e. The van der Waals surface area contributed by atoms with Gasteiger partial charge in [-0.05, 0) is 36.8 Å². The summed E-state index contributed by atoms with van der Waals surface area (Å²) in [6.07, 6.45) is 4.79. The van der Waals surface area contributed by atoms with E-state index in [1.165, 1.54) is 19.3 Å². The van der Waals surface area contributed by atoms with Gasteiger partial charge in [0.1, 0.15) is 11.5 Å². The van der Waals surface area contributed by atoms with E-state index in [1.54, 1.807) is 13.1 Å². The number of carbonyl (C=O) groups excluding carboxylic acids is 1. The zero-order valence-electron chi connectivity index (χ0n) is 12.6. The molecule has 0 bridgehead atoms. The van der Waals surface area contributed by atoms with Crippen molar-refractivity contribution >= 4 is 11.7 Å². The van der Waals surface area contributed by atoms with Crippen molar-refractivity contribution in [1.29, 1.82) is 0 Å². The van der Waals surface area contributed by atoms with Gasteiger partial charge in [0.25, 0.3) is 5.91 Å². The standard InChI is InChI=1S/C16H25N3O/c1-11(2)12-7-4-5-8-13(12)19-16(20)14-9-6-10-15(17-3)18-14/h6,9-13H,4-5,7-8H2,1-3H3,(H,17,18)(H,19,20). The van der Waals surface area contributed by atoms with E-state index in [9.17, 15) is 4.79 Å². The fraction of sp³-hybridized carbons (Fsp3) is 0.625. The van der Waals surface area contributed by atoms with E-state index in [-0.39, 0.29) is 11.9 Å². The number of nitrogens with zero attached hydrogens (tertiary/aromatic N) is 1. The van der Waals surface area contributed by atoms with Crippen molar-refractivity contribution in [3.05, 3.63) is 23.9 Å². The third-order valence-electron chi connectivity index (χ3n) is 4.23. The van der Waals surface area contributed by atoms with Gasteiger partial charge in [-0.1, -0.05) is 32.8 Å². The van der Waals surface area contributed by atoms with Gasteiger partial charge in [-0.2, -0.15) is 0 Å². The van der Waals surface area contributed by atoms with Crippen molar-refractivity contribution in [2.75, 3.05) is 12.4 Å². The normalized spacial score (nSPS) is 22.6. The summed E-state index contributed by atoms with van der Waals surface area (Å²) in [5.41, 5.74) is 0.491. The Bertz CT molecular complexity index is 459. The molecular weight excluding hydrogens is 250 g/mol. The number of carbonyl (C=O) groups is 1. The molecule has 1 heterocycles. The Balaban J connectivity index is 2.05. The molecule has 4 nitrogen and oxygen atoms in total. The van der Waals surface area contributed by atoms with Gasteiger partial charge in [0.2, 0.25) is 0 Å². The molecule has 1 amide bonds. The van der Waals surface area contributed by atoms with E-state index in [2.05, 4.69) is 29.5 Å². The molecule has 0 aromatic carbocycles. The van der Waals surface area contributed by atoms with Crippen molar-refractivity contribution in [2.24, 2.45) is 11.8 Å². The van der Waals surface area contributed by atoms with Crippen molar-refractivity contribution in [3.8, 4) is 0 Å². The fourth-order valence-corrected chi connectivity index (χ4v) is 3.08. The second-order valence-electron chi connectivity index (χ2n) is 5.93. The van der Waals surface area contributed by atoms with Crippen LogP contribution in [0.15, 0.2) is 18.2 Å². The Labute approximate surface area is 121 Å². The molecule has 1 aliphatic rings. The van der Waals surface area contributed by atoms with E-state index in [0.717, 1.165) is 12.2 Å². The van der Waals surface area contributed by atoms with Crippen molar-refractivity contribution in [1.82, 2.24) is 10.3 Å². The van der Waals surface area contributed by atoms with Gasteiger partial charge in [0.15, 0.2) is 0 Å². The SMILES string of the molecule is CNc1cccc(C(=O)NC2CCCCC2C(C)C)n1. The Morgan fingerprint density at radius 3 is 2.75 bits per heavy atom. The van der Waals surface area contributed by atoms with Gasteiger partial charge in [-0.3, -0.25) is 4.79 Å². The van der Waals surface area contributed by atoms with E-state index < -0.39 is 0 Å². The second-order valence-corrected chi connectivity index (χ2v) is 5.93. The summed E-state index contributed by atoms with van der Waals surface area (Å²) in [6.45, 7) is 4.49. The van der Waals surface area contributed by atoms with Gasteiger partial charge in [-0.25, -0.2) is 4.98 Å². The molecule has 4 heteroatoms. The van der Waals surface area contributed by atoms with Crippen LogP contribution in [0.25, 0.3) is 0 Å². The average Bonchev–Trinajstić information content (AvgIpc) is 2.47. The molecule has 0 radical (unpaired) electrons. The molecule has 2 rings (SSSR count). The number of anilines is 1. The van der Waals surface area contributed by atoms with Crippen LogP contribution in [0.3, 0.4) is 0 Å². The zero-order valence-corrected chi connectivity index (χ0v) is 12.6. The molecule has 1 aromatic heterocycles. The molecular formula is C16H25N3O. The van der Waals surface area contributed by atoms with Crippen LogP contribution < -0.4 is 10.6 Å². The number of rotatable bonds is 4. The quantitative estimate of drug-likeness (QED) is 0.888. The van der Waals surface area contributed by atoms with Crippen LogP contribution in [0.2, 0.25) is 0 Å². The molecule has 1 saturated carbocycles. The van der Waals surface area contributed by atoms with Crippen LogP contribution >= 0.6 is 0 Å². The summed E-state index contributed by atoms with van der Waals surface area (Å²) in [5, 5.41) is 6.15. The molecule has 110 valence electrons. The molecule has 1 fully saturated rings. The van der Waals surface area contributed by atoms with Crippen molar-refractivity contribution < 1.29 is 4.79 Å². The Morgan fingerprint density at radius 2 is 2.05 bits per heavy atom. The molecule has 20 heavy (non-hydrogen) atoms. The molecule has 1 aromatic rings. The Hall–Kier alpha value is -1.58. The zero-order chi connectivity index (χ0) is 14.5. The fourth-order valence-electron chi connectivity index (χ4n) is 3.08. The first-order valence-electron chi connectivity index (χ1n) is 7.57. The molecule has 0 aliphatic heterocycles. The highest BCUT2D eigenvalue weighted by atomic mass is 16.1. The lowest BCUT2D eigenvalue weighted by Gasteiger charge is -2.34. The number of nitrogens with one attached hydrogen (secondary N) is 2. The number of aromatic nitrogens is 1. The van der Waals surface area contributed by atoms with Crippen LogP contribution in [0.1, 0.15) is 50.0 Å². The molecule has 1 aliphatic carbocycles. The first-order chi connectivity index (χ1) is 9.61. The van der Waals surface area contributed by atoms with Crippen molar-refractivity contribution in [2.45, 2.75) is 45.6 Å². The smallest absolute Gasteiger partial charge is 0.270 e. The third-order valence-corrected chi connectivity index (χ3v) is 4.23. The molecule has 2 unspecified atom stereocenters. The predicted molar refractivity (Wildman–Crippen MR) is 81.8 cm³/mol. The highest BCUT2D eigenvalue weighted by molar-refractivity contribution is 5.92. The Morgan fingerprint density at radius 1 is 1.30 bits per heavy atom. The van der Waals surface area contributed by atoms with Gasteiger partial charge in [0, 0.05) is 13.1 Å². The first kappa shape index (κ1) is 14.8. The number of pyridine rings is 1. The van der Waals surface area contributed by atoms with Crippen LogP contribution in [-0.2, 0) is 0 Å². The average molecular weight is 275 g/mol. The van der Waals surface area contributed by atoms with Crippen LogP contribution in [0, 0.1) is 11.8 Å². The lowest BCUT2D eigenvalue weighted by Crippen LogP contribution is -2.44. The number of amides is 1. The van der Waals surface area contributed by atoms with Crippen molar-refractivity contribution in [3.63, 3.8) is 0 Å². The first-order valence-corrected chi connectivity index (χ1v) is 7.57. The third kappa shape index (κ3) is 3.50. The van der Waals surface area contributed by atoms with Crippen LogP contribution in [0.4, 0.5) is 5.82 Å². The van der Waals surface area contributed by atoms with Gasteiger partial charge in [-0.15, -0.1) is 0 Å².